The maximum atomic E-state index is 12.2. The summed E-state index contributed by atoms with van der Waals surface area (Å²) in [7, 11) is -3.68. The number of nitrogens with zero attached hydrogens (tertiary/aromatic N) is 1. The maximum Gasteiger partial charge on any atom is 0.242 e. The van der Waals surface area contributed by atoms with Gasteiger partial charge in [0.25, 0.3) is 0 Å². The predicted molar refractivity (Wildman–Crippen MR) is 70.3 cm³/mol. The van der Waals surface area contributed by atoms with E-state index in [4.69, 9.17) is 5.26 Å². The van der Waals surface area contributed by atoms with E-state index in [9.17, 15) is 8.42 Å². The summed E-state index contributed by atoms with van der Waals surface area (Å²) in [6.07, 6.45) is 0.469. The van der Waals surface area contributed by atoms with E-state index >= 15 is 0 Å². The van der Waals surface area contributed by atoms with E-state index in [0.29, 0.717) is 24.0 Å². The fourth-order valence-corrected chi connectivity index (χ4v) is 3.79. The summed E-state index contributed by atoms with van der Waals surface area (Å²) in [5, 5.41) is 12.1. The number of nitriles is 1. The Balaban J connectivity index is 2.30. The van der Waals surface area contributed by atoms with Gasteiger partial charge in [-0.05, 0) is 31.2 Å². The number of nitrogens with one attached hydrogen (secondary N) is 2. The minimum absolute atomic E-state index is 0.151. The van der Waals surface area contributed by atoms with E-state index in [1.165, 1.54) is 12.1 Å². The number of rotatable bonds is 3. The molecule has 1 heterocycles. The standard InChI is InChI=1S/C11H12BrN3O2S/c12-9-2-1-3-10(6-9)18(16,17)15-11(7-13)4-5-14-8-11/h1-3,6,14-15H,4-5,8H2/t11-/m0/s1. The number of halogens is 1. The molecule has 0 aliphatic carbocycles. The van der Waals surface area contributed by atoms with Crippen molar-refractivity contribution in [3.63, 3.8) is 0 Å². The lowest BCUT2D eigenvalue weighted by Crippen LogP contribution is -2.48. The second kappa shape index (κ2) is 4.97. The van der Waals surface area contributed by atoms with Crippen LogP contribution in [0, 0.1) is 11.3 Å². The minimum atomic E-state index is -3.68. The fraction of sp³-hybridized carbons (Fsp3) is 0.364. The van der Waals surface area contributed by atoms with Crippen LogP contribution in [-0.2, 0) is 10.0 Å². The average Bonchev–Trinajstić information content (AvgIpc) is 2.77. The molecule has 2 N–H and O–H groups in total. The van der Waals surface area contributed by atoms with Crippen molar-refractivity contribution in [3.05, 3.63) is 28.7 Å². The fourth-order valence-electron chi connectivity index (χ4n) is 1.85. The molecule has 1 aromatic rings. The van der Waals surface area contributed by atoms with Crippen molar-refractivity contribution in [1.82, 2.24) is 10.0 Å². The Bertz CT molecular complexity index is 589. The van der Waals surface area contributed by atoms with Crippen LogP contribution in [0.3, 0.4) is 0 Å². The van der Waals surface area contributed by atoms with Crippen LogP contribution in [0.1, 0.15) is 6.42 Å². The number of hydrogen-bond acceptors (Lipinski definition) is 4. The van der Waals surface area contributed by atoms with Crippen molar-refractivity contribution in [2.75, 3.05) is 13.1 Å². The molecule has 1 fully saturated rings. The van der Waals surface area contributed by atoms with Crippen LogP contribution in [0.4, 0.5) is 0 Å². The quantitative estimate of drug-likeness (QED) is 0.866. The molecule has 96 valence electrons. The first-order valence-electron chi connectivity index (χ1n) is 5.39. The Hall–Kier alpha value is -0.940. The molecule has 1 saturated heterocycles. The van der Waals surface area contributed by atoms with Gasteiger partial charge < -0.3 is 5.32 Å². The normalized spacial score (nSPS) is 23.8. The number of hydrogen-bond donors (Lipinski definition) is 2. The maximum absolute atomic E-state index is 12.2. The first kappa shape index (κ1) is 13.5. The molecule has 7 heteroatoms. The van der Waals surface area contributed by atoms with Crippen molar-refractivity contribution >= 4 is 26.0 Å². The molecular formula is C11H12BrN3O2S. The Morgan fingerprint density at radius 3 is 2.83 bits per heavy atom. The smallest absolute Gasteiger partial charge is 0.242 e. The molecule has 0 unspecified atom stereocenters. The second-order valence-electron chi connectivity index (χ2n) is 4.18. The van der Waals surface area contributed by atoms with Crippen LogP contribution in [0.5, 0.6) is 0 Å². The summed E-state index contributed by atoms with van der Waals surface area (Å²) in [4.78, 5) is 0.151. The molecule has 1 aromatic carbocycles. The van der Waals surface area contributed by atoms with Crippen LogP contribution < -0.4 is 10.0 Å². The third kappa shape index (κ3) is 2.72. The van der Waals surface area contributed by atoms with Crippen LogP contribution in [0.15, 0.2) is 33.6 Å². The highest BCUT2D eigenvalue weighted by atomic mass is 79.9. The SMILES string of the molecule is N#C[C@@]1(NS(=O)(=O)c2cccc(Br)c2)CCNC1. The lowest BCUT2D eigenvalue weighted by atomic mass is 10.0. The van der Waals surface area contributed by atoms with Gasteiger partial charge in [-0.15, -0.1) is 0 Å². The molecule has 2 rings (SSSR count). The topological polar surface area (TPSA) is 82.0 Å². The van der Waals surface area contributed by atoms with Crippen LogP contribution in [-0.4, -0.2) is 27.0 Å². The van der Waals surface area contributed by atoms with E-state index in [1.54, 1.807) is 12.1 Å². The van der Waals surface area contributed by atoms with Crippen molar-refractivity contribution in [3.8, 4) is 6.07 Å². The molecular weight excluding hydrogens is 318 g/mol. The monoisotopic (exact) mass is 329 g/mol. The summed E-state index contributed by atoms with van der Waals surface area (Å²) in [5.74, 6) is 0. The van der Waals surface area contributed by atoms with Crippen molar-refractivity contribution in [2.24, 2.45) is 0 Å². The molecule has 1 aliphatic heterocycles. The zero-order valence-electron chi connectivity index (χ0n) is 9.48. The molecule has 0 saturated carbocycles. The number of benzene rings is 1. The molecule has 18 heavy (non-hydrogen) atoms. The van der Waals surface area contributed by atoms with Crippen LogP contribution in [0.2, 0.25) is 0 Å². The Morgan fingerprint density at radius 1 is 1.50 bits per heavy atom. The van der Waals surface area contributed by atoms with Gasteiger partial charge in [0, 0.05) is 11.0 Å². The summed E-state index contributed by atoms with van der Waals surface area (Å²) < 4.78 is 27.6. The van der Waals surface area contributed by atoms with Gasteiger partial charge in [-0.2, -0.15) is 9.98 Å². The van der Waals surface area contributed by atoms with E-state index in [-0.39, 0.29) is 4.90 Å². The first-order chi connectivity index (χ1) is 8.47. The molecule has 5 nitrogen and oxygen atoms in total. The third-order valence-corrected chi connectivity index (χ3v) is 4.83. The van der Waals surface area contributed by atoms with Gasteiger partial charge in [-0.3, -0.25) is 0 Å². The van der Waals surface area contributed by atoms with E-state index < -0.39 is 15.6 Å². The summed E-state index contributed by atoms with van der Waals surface area (Å²) >= 11 is 3.23. The van der Waals surface area contributed by atoms with Crippen LogP contribution in [0.25, 0.3) is 0 Å². The molecule has 0 aromatic heterocycles. The van der Waals surface area contributed by atoms with Crippen molar-refractivity contribution in [1.29, 1.82) is 5.26 Å². The van der Waals surface area contributed by atoms with Crippen molar-refractivity contribution in [2.45, 2.75) is 16.9 Å². The molecule has 0 amide bonds. The average molecular weight is 330 g/mol. The predicted octanol–water partition coefficient (Wildman–Crippen LogP) is 0.983. The summed E-state index contributed by atoms with van der Waals surface area (Å²) in [6.45, 7) is 0.964. The van der Waals surface area contributed by atoms with Gasteiger partial charge in [-0.1, -0.05) is 22.0 Å². The highest BCUT2D eigenvalue weighted by molar-refractivity contribution is 9.10. The zero-order valence-corrected chi connectivity index (χ0v) is 11.9. The Labute approximate surface area is 114 Å². The lowest BCUT2D eigenvalue weighted by molar-refractivity contribution is 0.506. The second-order valence-corrected chi connectivity index (χ2v) is 6.78. The lowest BCUT2D eigenvalue weighted by Gasteiger charge is -2.21. The van der Waals surface area contributed by atoms with Crippen LogP contribution >= 0.6 is 15.9 Å². The first-order valence-corrected chi connectivity index (χ1v) is 7.67. The summed E-state index contributed by atoms with van der Waals surface area (Å²) in [6, 6.07) is 8.45. The Morgan fingerprint density at radius 2 is 2.28 bits per heavy atom. The zero-order chi connectivity index (χ0) is 13.2. The highest BCUT2D eigenvalue weighted by Crippen LogP contribution is 2.20. The largest absolute Gasteiger partial charge is 0.314 e. The van der Waals surface area contributed by atoms with Gasteiger partial charge in [0.2, 0.25) is 10.0 Å². The van der Waals surface area contributed by atoms with E-state index in [2.05, 4.69) is 32.0 Å². The third-order valence-electron chi connectivity index (χ3n) is 2.81. The number of sulfonamides is 1. The van der Waals surface area contributed by atoms with Gasteiger partial charge in [-0.25, -0.2) is 8.42 Å². The van der Waals surface area contributed by atoms with Crippen molar-refractivity contribution < 1.29 is 8.42 Å². The molecule has 0 bridgehead atoms. The molecule has 0 radical (unpaired) electrons. The highest BCUT2D eigenvalue weighted by Gasteiger charge is 2.38. The Kier molecular flexibility index (Phi) is 3.73. The van der Waals surface area contributed by atoms with Gasteiger partial charge >= 0.3 is 0 Å². The summed E-state index contributed by atoms with van der Waals surface area (Å²) in [5.41, 5.74) is -1.04. The van der Waals surface area contributed by atoms with Gasteiger partial charge in [0.05, 0.1) is 11.0 Å². The molecule has 1 atom stereocenters. The van der Waals surface area contributed by atoms with E-state index in [0.717, 1.165) is 0 Å². The minimum Gasteiger partial charge on any atom is -0.314 e. The molecule has 1 aliphatic rings. The van der Waals surface area contributed by atoms with E-state index in [1.807, 2.05) is 0 Å². The molecule has 0 spiro atoms. The van der Waals surface area contributed by atoms with Gasteiger partial charge in [0.15, 0.2) is 0 Å². The van der Waals surface area contributed by atoms with Gasteiger partial charge in [0.1, 0.15) is 5.54 Å².